The topological polar surface area (TPSA) is 52.9 Å². The minimum atomic E-state index is -0.277. The van der Waals surface area contributed by atoms with E-state index in [0.29, 0.717) is 11.3 Å². The van der Waals surface area contributed by atoms with Gasteiger partial charge in [0.05, 0.1) is 11.3 Å². The fourth-order valence-electron chi connectivity index (χ4n) is 2.52. The third-order valence-electron chi connectivity index (χ3n) is 3.80. The second-order valence-electron chi connectivity index (χ2n) is 5.23. The number of hydrogen-bond acceptors (Lipinski definition) is 2. The third-order valence-corrected chi connectivity index (χ3v) is 3.80. The molecule has 1 N–H and O–H groups in total. The number of para-hydroxylation sites is 1. The van der Waals surface area contributed by atoms with E-state index in [1.165, 1.54) is 6.42 Å². The molecule has 3 heteroatoms. The number of nitrogens with one attached hydrogen (secondary N) is 1. The Morgan fingerprint density at radius 3 is 2.61 bits per heavy atom. The van der Waals surface area contributed by atoms with Gasteiger partial charge in [-0.05, 0) is 25.0 Å². The van der Waals surface area contributed by atoms with Crippen LogP contribution in [0, 0.1) is 16.7 Å². The molecule has 1 amide bonds. The SMILES string of the molecule is CC1(C(=O)Nc2ccccc2C#N)CCCCC1. The number of anilines is 1. The van der Waals surface area contributed by atoms with Crippen LogP contribution in [0.3, 0.4) is 0 Å². The number of rotatable bonds is 2. The molecule has 3 nitrogen and oxygen atoms in total. The largest absolute Gasteiger partial charge is 0.324 e. The molecule has 1 saturated carbocycles. The quantitative estimate of drug-likeness (QED) is 0.863. The van der Waals surface area contributed by atoms with Gasteiger partial charge in [0, 0.05) is 5.41 Å². The van der Waals surface area contributed by atoms with Gasteiger partial charge in [0.2, 0.25) is 5.91 Å². The number of benzene rings is 1. The summed E-state index contributed by atoms with van der Waals surface area (Å²) < 4.78 is 0. The van der Waals surface area contributed by atoms with E-state index in [1.54, 1.807) is 18.2 Å². The smallest absolute Gasteiger partial charge is 0.230 e. The summed E-state index contributed by atoms with van der Waals surface area (Å²) in [7, 11) is 0. The maximum absolute atomic E-state index is 12.3. The molecule has 1 fully saturated rings. The predicted molar refractivity (Wildman–Crippen MR) is 71.0 cm³/mol. The van der Waals surface area contributed by atoms with Crippen molar-refractivity contribution in [3.8, 4) is 6.07 Å². The first-order chi connectivity index (χ1) is 8.65. The Labute approximate surface area is 108 Å². The highest BCUT2D eigenvalue weighted by Gasteiger charge is 2.34. The molecule has 18 heavy (non-hydrogen) atoms. The van der Waals surface area contributed by atoms with E-state index in [9.17, 15) is 4.79 Å². The zero-order valence-electron chi connectivity index (χ0n) is 10.7. The van der Waals surface area contributed by atoms with Crippen LogP contribution in [0.2, 0.25) is 0 Å². The molecule has 1 aromatic carbocycles. The Kier molecular flexibility index (Phi) is 3.66. The van der Waals surface area contributed by atoms with Gasteiger partial charge in [-0.3, -0.25) is 4.79 Å². The van der Waals surface area contributed by atoms with Crippen molar-refractivity contribution in [2.24, 2.45) is 5.41 Å². The molecule has 0 aliphatic heterocycles. The number of carbonyl (C=O) groups is 1. The maximum Gasteiger partial charge on any atom is 0.230 e. The standard InChI is InChI=1S/C15H18N2O/c1-15(9-5-2-6-10-15)14(18)17-13-8-4-3-7-12(13)11-16/h3-4,7-8H,2,5-6,9-10H2,1H3,(H,17,18). The second kappa shape index (κ2) is 5.22. The molecule has 2 rings (SSSR count). The van der Waals surface area contributed by atoms with E-state index in [-0.39, 0.29) is 11.3 Å². The van der Waals surface area contributed by atoms with Crippen LogP contribution in [0.4, 0.5) is 5.69 Å². The Morgan fingerprint density at radius 2 is 1.94 bits per heavy atom. The molecule has 0 radical (unpaired) electrons. The maximum atomic E-state index is 12.3. The van der Waals surface area contributed by atoms with Crippen molar-refractivity contribution in [3.63, 3.8) is 0 Å². The molecular formula is C15H18N2O. The van der Waals surface area contributed by atoms with E-state index in [2.05, 4.69) is 11.4 Å². The molecule has 1 aromatic rings. The van der Waals surface area contributed by atoms with E-state index in [4.69, 9.17) is 5.26 Å². The van der Waals surface area contributed by atoms with E-state index in [1.807, 2.05) is 13.0 Å². The van der Waals surface area contributed by atoms with Crippen LogP contribution in [-0.2, 0) is 4.79 Å². The summed E-state index contributed by atoms with van der Waals surface area (Å²) in [6.07, 6.45) is 5.33. The third kappa shape index (κ3) is 2.53. The lowest BCUT2D eigenvalue weighted by Gasteiger charge is -2.32. The van der Waals surface area contributed by atoms with Gasteiger partial charge < -0.3 is 5.32 Å². The van der Waals surface area contributed by atoms with Crippen LogP contribution in [0.15, 0.2) is 24.3 Å². The molecule has 0 spiro atoms. The summed E-state index contributed by atoms with van der Waals surface area (Å²) in [6.45, 7) is 2.02. The van der Waals surface area contributed by atoms with Gasteiger partial charge in [-0.1, -0.05) is 38.3 Å². The molecule has 0 bridgehead atoms. The first kappa shape index (κ1) is 12.6. The molecule has 1 aliphatic rings. The number of amides is 1. The van der Waals surface area contributed by atoms with Crippen LogP contribution >= 0.6 is 0 Å². The van der Waals surface area contributed by atoms with Crippen molar-refractivity contribution in [1.82, 2.24) is 0 Å². The molecule has 0 atom stereocenters. The number of nitrogens with zero attached hydrogens (tertiary/aromatic N) is 1. The Morgan fingerprint density at radius 1 is 1.28 bits per heavy atom. The summed E-state index contributed by atoms with van der Waals surface area (Å²) in [5, 5.41) is 11.9. The van der Waals surface area contributed by atoms with Gasteiger partial charge in [0.1, 0.15) is 6.07 Å². The van der Waals surface area contributed by atoms with Crippen LogP contribution in [0.1, 0.15) is 44.6 Å². The molecule has 0 aromatic heterocycles. The lowest BCUT2D eigenvalue weighted by molar-refractivity contribution is -0.126. The van der Waals surface area contributed by atoms with Crippen molar-refractivity contribution in [2.45, 2.75) is 39.0 Å². The summed E-state index contributed by atoms with van der Waals surface area (Å²) in [5.74, 6) is 0.0462. The van der Waals surface area contributed by atoms with Gasteiger partial charge >= 0.3 is 0 Å². The number of hydrogen-bond donors (Lipinski definition) is 1. The van der Waals surface area contributed by atoms with Gasteiger partial charge in [0.25, 0.3) is 0 Å². The summed E-state index contributed by atoms with van der Waals surface area (Å²) in [4.78, 5) is 12.3. The summed E-state index contributed by atoms with van der Waals surface area (Å²) in [6, 6.07) is 9.24. The van der Waals surface area contributed by atoms with Gasteiger partial charge in [0.15, 0.2) is 0 Å². The van der Waals surface area contributed by atoms with Crippen molar-refractivity contribution in [3.05, 3.63) is 29.8 Å². The Bertz CT molecular complexity index is 482. The molecule has 0 saturated heterocycles. The first-order valence-corrected chi connectivity index (χ1v) is 6.46. The average Bonchev–Trinajstić information content (AvgIpc) is 2.40. The van der Waals surface area contributed by atoms with Crippen LogP contribution in [-0.4, -0.2) is 5.91 Å². The average molecular weight is 242 g/mol. The molecular weight excluding hydrogens is 224 g/mol. The predicted octanol–water partition coefficient (Wildman–Crippen LogP) is 3.47. The van der Waals surface area contributed by atoms with Crippen LogP contribution < -0.4 is 5.32 Å². The lowest BCUT2D eigenvalue weighted by atomic mass is 9.75. The molecule has 0 heterocycles. The molecule has 1 aliphatic carbocycles. The highest BCUT2D eigenvalue weighted by atomic mass is 16.2. The Balaban J connectivity index is 2.14. The fourth-order valence-corrected chi connectivity index (χ4v) is 2.52. The summed E-state index contributed by atoms with van der Waals surface area (Å²) in [5.41, 5.74) is 0.864. The zero-order chi connectivity index (χ0) is 13.0. The summed E-state index contributed by atoms with van der Waals surface area (Å²) >= 11 is 0. The monoisotopic (exact) mass is 242 g/mol. The fraction of sp³-hybridized carbons (Fsp3) is 0.467. The van der Waals surface area contributed by atoms with E-state index in [0.717, 1.165) is 25.7 Å². The van der Waals surface area contributed by atoms with E-state index >= 15 is 0 Å². The first-order valence-electron chi connectivity index (χ1n) is 6.46. The van der Waals surface area contributed by atoms with E-state index < -0.39 is 0 Å². The van der Waals surface area contributed by atoms with Crippen LogP contribution in [0.5, 0.6) is 0 Å². The van der Waals surface area contributed by atoms with Gasteiger partial charge in [-0.15, -0.1) is 0 Å². The minimum Gasteiger partial charge on any atom is -0.324 e. The number of nitriles is 1. The van der Waals surface area contributed by atoms with Crippen molar-refractivity contribution in [2.75, 3.05) is 5.32 Å². The number of carbonyl (C=O) groups excluding carboxylic acids is 1. The van der Waals surface area contributed by atoms with Gasteiger partial charge in [-0.2, -0.15) is 5.26 Å². The van der Waals surface area contributed by atoms with Crippen molar-refractivity contribution < 1.29 is 4.79 Å². The second-order valence-corrected chi connectivity index (χ2v) is 5.23. The Hall–Kier alpha value is -1.82. The zero-order valence-corrected chi connectivity index (χ0v) is 10.7. The van der Waals surface area contributed by atoms with Crippen molar-refractivity contribution >= 4 is 11.6 Å². The molecule has 94 valence electrons. The highest BCUT2D eigenvalue weighted by Crippen LogP contribution is 2.36. The van der Waals surface area contributed by atoms with Gasteiger partial charge in [-0.25, -0.2) is 0 Å². The highest BCUT2D eigenvalue weighted by molar-refractivity contribution is 5.96. The van der Waals surface area contributed by atoms with Crippen LogP contribution in [0.25, 0.3) is 0 Å². The minimum absolute atomic E-state index is 0.0462. The molecule has 0 unspecified atom stereocenters. The van der Waals surface area contributed by atoms with Crippen molar-refractivity contribution in [1.29, 1.82) is 5.26 Å². The lowest BCUT2D eigenvalue weighted by Crippen LogP contribution is -2.35. The normalized spacial score (nSPS) is 17.8.